The molecule has 0 bridgehead atoms. The highest BCUT2D eigenvalue weighted by Crippen LogP contribution is 2.43. The molecule has 1 aliphatic rings. The summed E-state index contributed by atoms with van der Waals surface area (Å²) >= 11 is 0. The first-order valence-corrected chi connectivity index (χ1v) is 7.45. The topological polar surface area (TPSA) is 42.7 Å². The van der Waals surface area contributed by atoms with Crippen molar-refractivity contribution in [2.24, 2.45) is 24.3 Å². The predicted octanol–water partition coefficient (Wildman–Crippen LogP) is 2.93. The molecule has 108 valence electrons. The summed E-state index contributed by atoms with van der Waals surface area (Å²) in [6.07, 6.45) is 7.20. The Bertz CT molecular complexity index is 397. The van der Waals surface area contributed by atoms with Crippen molar-refractivity contribution in [3.05, 3.63) is 11.9 Å². The van der Waals surface area contributed by atoms with E-state index in [9.17, 15) is 0 Å². The largest absolute Gasteiger partial charge is 0.311 e. The van der Waals surface area contributed by atoms with Crippen LogP contribution >= 0.6 is 0 Å². The predicted molar refractivity (Wildman–Crippen MR) is 77.7 cm³/mol. The van der Waals surface area contributed by atoms with Gasteiger partial charge >= 0.3 is 0 Å². The fourth-order valence-corrected chi connectivity index (χ4v) is 3.52. The Hall–Kier alpha value is -0.900. The normalized spacial score (nSPS) is 26.4. The van der Waals surface area contributed by atoms with Gasteiger partial charge in [0.15, 0.2) is 0 Å². The second kappa shape index (κ2) is 5.61. The summed E-state index contributed by atoms with van der Waals surface area (Å²) in [5, 5.41) is 11.5. The molecule has 1 aromatic heterocycles. The number of nitrogens with zero attached hydrogens (tertiary/aromatic N) is 3. The van der Waals surface area contributed by atoms with Crippen molar-refractivity contribution in [2.45, 2.75) is 52.5 Å². The van der Waals surface area contributed by atoms with E-state index in [0.29, 0.717) is 17.4 Å². The molecule has 1 saturated carbocycles. The van der Waals surface area contributed by atoms with Gasteiger partial charge in [0.05, 0.1) is 17.9 Å². The van der Waals surface area contributed by atoms with Crippen molar-refractivity contribution < 1.29 is 0 Å². The van der Waals surface area contributed by atoms with Crippen LogP contribution in [0.4, 0.5) is 0 Å². The van der Waals surface area contributed by atoms with Crippen LogP contribution in [0.15, 0.2) is 6.20 Å². The molecule has 0 radical (unpaired) electrons. The van der Waals surface area contributed by atoms with Crippen LogP contribution in [0.2, 0.25) is 0 Å². The van der Waals surface area contributed by atoms with Gasteiger partial charge in [-0.2, -0.15) is 0 Å². The molecule has 4 nitrogen and oxygen atoms in total. The van der Waals surface area contributed by atoms with Crippen molar-refractivity contribution >= 4 is 0 Å². The smallest absolute Gasteiger partial charge is 0.0755 e. The van der Waals surface area contributed by atoms with Gasteiger partial charge in [0.25, 0.3) is 0 Å². The van der Waals surface area contributed by atoms with Crippen LogP contribution in [-0.4, -0.2) is 22.0 Å². The Labute approximate surface area is 117 Å². The summed E-state index contributed by atoms with van der Waals surface area (Å²) in [6, 6.07) is 0.390. The maximum absolute atomic E-state index is 4.06. The molecule has 1 fully saturated rings. The SMILES string of the molecule is CNC(c1cnnn1C)C1CCC(C(C)(C)C)CC1. The number of aromatic nitrogens is 3. The fourth-order valence-electron chi connectivity index (χ4n) is 3.52. The molecule has 1 atom stereocenters. The molecular formula is C15H28N4. The number of rotatable bonds is 3. The molecular weight excluding hydrogens is 236 g/mol. The second-order valence-corrected chi connectivity index (χ2v) is 7.03. The van der Waals surface area contributed by atoms with E-state index in [2.05, 4.69) is 36.4 Å². The Kier molecular flexibility index (Phi) is 4.29. The lowest BCUT2D eigenvalue weighted by Gasteiger charge is -2.39. The first-order valence-electron chi connectivity index (χ1n) is 7.45. The molecule has 0 aliphatic heterocycles. The third-order valence-electron chi connectivity index (χ3n) is 4.85. The van der Waals surface area contributed by atoms with E-state index in [-0.39, 0.29) is 0 Å². The molecule has 0 aromatic carbocycles. The summed E-state index contributed by atoms with van der Waals surface area (Å²) in [4.78, 5) is 0. The van der Waals surface area contributed by atoms with E-state index in [1.54, 1.807) is 0 Å². The highest BCUT2D eigenvalue weighted by Gasteiger charge is 2.33. The van der Waals surface area contributed by atoms with Gasteiger partial charge in [0.1, 0.15) is 0 Å². The zero-order chi connectivity index (χ0) is 14.0. The van der Waals surface area contributed by atoms with Crippen molar-refractivity contribution in [3.8, 4) is 0 Å². The van der Waals surface area contributed by atoms with Crippen LogP contribution in [0.3, 0.4) is 0 Å². The first-order chi connectivity index (χ1) is 8.93. The maximum atomic E-state index is 4.06. The number of hydrogen-bond donors (Lipinski definition) is 1. The summed E-state index contributed by atoms with van der Waals surface area (Å²) in [5.41, 5.74) is 1.66. The average molecular weight is 264 g/mol. The van der Waals surface area contributed by atoms with E-state index >= 15 is 0 Å². The monoisotopic (exact) mass is 264 g/mol. The molecule has 0 spiro atoms. The van der Waals surface area contributed by atoms with E-state index in [1.165, 1.54) is 31.4 Å². The first kappa shape index (κ1) is 14.5. The molecule has 1 aromatic rings. The van der Waals surface area contributed by atoms with Crippen molar-refractivity contribution in [1.82, 2.24) is 20.3 Å². The molecule has 1 aliphatic carbocycles. The zero-order valence-electron chi connectivity index (χ0n) is 13.0. The summed E-state index contributed by atoms with van der Waals surface area (Å²) in [6.45, 7) is 7.12. The average Bonchev–Trinajstić information content (AvgIpc) is 2.76. The van der Waals surface area contributed by atoms with Crippen molar-refractivity contribution in [2.75, 3.05) is 7.05 Å². The third kappa shape index (κ3) is 3.16. The molecule has 2 rings (SSSR count). The van der Waals surface area contributed by atoms with E-state index in [1.807, 2.05) is 25.0 Å². The van der Waals surface area contributed by atoms with E-state index in [0.717, 1.165) is 5.92 Å². The minimum absolute atomic E-state index is 0.390. The fraction of sp³-hybridized carbons (Fsp3) is 0.867. The molecule has 4 heteroatoms. The Morgan fingerprint density at radius 2 is 1.89 bits per heavy atom. The van der Waals surface area contributed by atoms with Gasteiger partial charge in [-0.05, 0) is 50.0 Å². The number of aryl methyl sites for hydroxylation is 1. The van der Waals surface area contributed by atoms with Crippen molar-refractivity contribution in [3.63, 3.8) is 0 Å². The summed E-state index contributed by atoms with van der Waals surface area (Å²) < 4.78 is 1.90. The van der Waals surface area contributed by atoms with Crippen LogP contribution in [-0.2, 0) is 7.05 Å². The lowest BCUT2D eigenvalue weighted by atomic mass is 9.68. The zero-order valence-corrected chi connectivity index (χ0v) is 13.0. The number of nitrogens with one attached hydrogen (secondary N) is 1. The Morgan fingerprint density at radius 1 is 1.26 bits per heavy atom. The Balaban J connectivity index is 2.02. The lowest BCUT2D eigenvalue weighted by Crippen LogP contribution is -2.33. The standard InChI is InChI=1S/C15H28N4/c1-15(2,3)12-8-6-11(7-9-12)14(16-4)13-10-17-18-19(13)5/h10-12,14,16H,6-9H2,1-5H3. The van der Waals surface area contributed by atoms with E-state index in [4.69, 9.17) is 0 Å². The minimum atomic E-state index is 0.390. The Morgan fingerprint density at radius 3 is 2.32 bits per heavy atom. The minimum Gasteiger partial charge on any atom is -0.311 e. The van der Waals surface area contributed by atoms with Gasteiger partial charge in [-0.3, -0.25) is 4.68 Å². The summed E-state index contributed by atoms with van der Waals surface area (Å²) in [7, 11) is 4.03. The van der Waals surface area contributed by atoms with Crippen LogP contribution in [0.1, 0.15) is 58.2 Å². The van der Waals surface area contributed by atoms with E-state index < -0.39 is 0 Å². The van der Waals surface area contributed by atoms with Gasteiger partial charge < -0.3 is 5.32 Å². The van der Waals surface area contributed by atoms with Crippen LogP contribution in [0, 0.1) is 17.3 Å². The summed E-state index contributed by atoms with van der Waals surface area (Å²) in [5.74, 6) is 1.58. The molecule has 1 N–H and O–H groups in total. The van der Waals surface area contributed by atoms with Gasteiger partial charge in [0, 0.05) is 7.05 Å². The quantitative estimate of drug-likeness (QED) is 0.912. The van der Waals surface area contributed by atoms with Crippen LogP contribution in [0.5, 0.6) is 0 Å². The van der Waals surface area contributed by atoms with Gasteiger partial charge in [-0.15, -0.1) is 5.10 Å². The molecule has 0 saturated heterocycles. The lowest BCUT2D eigenvalue weighted by molar-refractivity contribution is 0.132. The van der Waals surface area contributed by atoms with Gasteiger partial charge in [-0.25, -0.2) is 0 Å². The molecule has 1 heterocycles. The van der Waals surface area contributed by atoms with Crippen LogP contribution in [0.25, 0.3) is 0 Å². The maximum Gasteiger partial charge on any atom is 0.0755 e. The van der Waals surface area contributed by atoms with Crippen LogP contribution < -0.4 is 5.32 Å². The molecule has 0 amide bonds. The number of hydrogen-bond acceptors (Lipinski definition) is 3. The van der Waals surface area contributed by atoms with Crippen molar-refractivity contribution in [1.29, 1.82) is 0 Å². The highest BCUT2D eigenvalue weighted by atomic mass is 15.4. The molecule has 1 unspecified atom stereocenters. The van der Waals surface area contributed by atoms with Gasteiger partial charge in [-0.1, -0.05) is 26.0 Å². The second-order valence-electron chi connectivity index (χ2n) is 7.03. The molecule has 19 heavy (non-hydrogen) atoms. The highest BCUT2D eigenvalue weighted by molar-refractivity contribution is 5.04. The third-order valence-corrected chi connectivity index (χ3v) is 4.85. The van der Waals surface area contributed by atoms with Gasteiger partial charge in [0.2, 0.25) is 0 Å².